The average molecular weight is 350 g/mol. The van der Waals surface area contributed by atoms with Crippen LogP contribution >= 0.6 is 24.8 Å². The maximum absolute atomic E-state index is 11.9. The summed E-state index contributed by atoms with van der Waals surface area (Å²) in [5.41, 5.74) is 2.33. The summed E-state index contributed by atoms with van der Waals surface area (Å²) in [7, 11) is 4.07. The van der Waals surface area contributed by atoms with E-state index < -0.39 is 6.10 Å². The van der Waals surface area contributed by atoms with Crippen LogP contribution in [0.2, 0.25) is 0 Å². The monoisotopic (exact) mass is 349 g/mol. The fourth-order valence-corrected chi connectivity index (χ4v) is 2.43. The second kappa shape index (κ2) is 10.0. The first-order valence-corrected chi connectivity index (χ1v) is 6.96. The van der Waals surface area contributed by atoms with E-state index in [1.807, 2.05) is 26.2 Å². The van der Waals surface area contributed by atoms with E-state index in [4.69, 9.17) is 0 Å². The summed E-state index contributed by atoms with van der Waals surface area (Å²) < 4.78 is 0. The highest BCUT2D eigenvalue weighted by Crippen LogP contribution is 2.09. The molecule has 1 aromatic rings. The van der Waals surface area contributed by atoms with Crippen LogP contribution in [0, 0.1) is 0 Å². The van der Waals surface area contributed by atoms with Crippen molar-refractivity contribution in [3.63, 3.8) is 0 Å². The van der Waals surface area contributed by atoms with E-state index in [1.54, 1.807) is 0 Å². The summed E-state index contributed by atoms with van der Waals surface area (Å²) in [6.45, 7) is 1.91. The molecule has 1 amide bonds. The fourth-order valence-electron chi connectivity index (χ4n) is 2.43. The van der Waals surface area contributed by atoms with Crippen LogP contribution in [0.4, 0.5) is 0 Å². The van der Waals surface area contributed by atoms with Gasteiger partial charge in [0, 0.05) is 19.6 Å². The molecule has 7 heteroatoms. The molecule has 1 aromatic carbocycles. The Labute approximate surface area is 144 Å². The summed E-state index contributed by atoms with van der Waals surface area (Å²) in [6.07, 6.45) is 0.0844. The molecule has 1 heterocycles. The Kier molecular flexibility index (Phi) is 9.64. The molecule has 5 nitrogen and oxygen atoms in total. The SMILES string of the molecule is CN(C)Cc1cccc(CNC(=O)C2CC(O)CN2)c1.Cl.Cl. The van der Waals surface area contributed by atoms with Gasteiger partial charge in [0.05, 0.1) is 12.1 Å². The lowest BCUT2D eigenvalue weighted by Gasteiger charge is -2.13. The van der Waals surface area contributed by atoms with Crippen LogP contribution in [0.1, 0.15) is 17.5 Å². The highest BCUT2D eigenvalue weighted by Gasteiger charge is 2.27. The number of carbonyl (C=O) groups is 1. The molecule has 3 N–H and O–H groups in total. The van der Waals surface area contributed by atoms with Crippen molar-refractivity contribution in [3.8, 4) is 0 Å². The Hall–Kier alpha value is -0.850. The predicted molar refractivity (Wildman–Crippen MR) is 92.6 cm³/mol. The molecule has 0 bridgehead atoms. The molecule has 1 saturated heterocycles. The third kappa shape index (κ3) is 6.50. The normalized spacial score (nSPS) is 20.2. The zero-order valence-corrected chi connectivity index (χ0v) is 14.5. The summed E-state index contributed by atoms with van der Waals surface area (Å²) >= 11 is 0. The molecule has 0 aliphatic carbocycles. The van der Waals surface area contributed by atoms with Crippen molar-refractivity contribution >= 4 is 30.7 Å². The summed E-state index contributed by atoms with van der Waals surface area (Å²) in [6, 6.07) is 7.95. The van der Waals surface area contributed by atoms with Gasteiger partial charge in [-0.25, -0.2) is 0 Å². The smallest absolute Gasteiger partial charge is 0.237 e. The lowest BCUT2D eigenvalue weighted by molar-refractivity contribution is -0.123. The van der Waals surface area contributed by atoms with Gasteiger partial charge in [0.2, 0.25) is 5.91 Å². The first-order chi connectivity index (χ1) is 9.54. The Bertz CT molecular complexity index is 472. The van der Waals surface area contributed by atoms with Crippen molar-refractivity contribution in [2.24, 2.45) is 0 Å². The predicted octanol–water partition coefficient (Wildman–Crippen LogP) is 0.931. The number of rotatable bonds is 5. The zero-order valence-electron chi connectivity index (χ0n) is 12.9. The molecular weight excluding hydrogens is 325 g/mol. The number of amides is 1. The second-order valence-corrected chi connectivity index (χ2v) is 5.63. The fraction of sp³-hybridized carbons (Fsp3) is 0.533. The quantitative estimate of drug-likeness (QED) is 0.739. The number of carbonyl (C=O) groups excluding carboxylic acids is 1. The van der Waals surface area contributed by atoms with E-state index >= 15 is 0 Å². The van der Waals surface area contributed by atoms with Gasteiger partial charge in [-0.2, -0.15) is 0 Å². The van der Waals surface area contributed by atoms with E-state index in [0.717, 1.165) is 12.1 Å². The van der Waals surface area contributed by atoms with Crippen LogP contribution in [0.15, 0.2) is 24.3 Å². The van der Waals surface area contributed by atoms with Crippen molar-refractivity contribution in [1.29, 1.82) is 0 Å². The minimum absolute atomic E-state index is 0. The van der Waals surface area contributed by atoms with Gasteiger partial charge in [-0.1, -0.05) is 24.3 Å². The number of β-amino-alcohol motifs (C(OH)–C–C–N with tert-alkyl or cyclic N) is 1. The van der Waals surface area contributed by atoms with Gasteiger partial charge in [0.1, 0.15) is 0 Å². The van der Waals surface area contributed by atoms with Gasteiger partial charge in [0.15, 0.2) is 0 Å². The van der Waals surface area contributed by atoms with E-state index in [2.05, 4.69) is 27.7 Å². The summed E-state index contributed by atoms with van der Waals surface area (Å²) in [5, 5.41) is 15.3. The number of benzene rings is 1. The number of hydrogen-bond donors (Lipinski definition) is 3. The second-order valence-electron chi connectivity index (χ2n) is 5.63. The zero-order chi connectivity index (χ0) is 14.5. The highest BCUT2D eigenvalue weighted by molar-refractivity contribution is 5.85. The van der Waals surface area contributed by atoms with Crippen LogP contribution in [0.25, 0.3) is 0 Å². The van der Waals surface area contributed by atoms with Crippen molar-refractivity contribution in [2.75, 3.05) is 20.6 Å². The van der Waals surface area contributed by atoms with Crippen LogP contribution < -0.4 is 10.6 Å². The van der Waals surface area contributed by atoms with Gasteiger partial charge in [-0.3, -0.25) is 4.79 Å². The molecule has 0 aromatic heterocycles. The Morgan fingerprint density at radius 3 is 2.64 bits per heavy atom. The van der Waals surface area contributed by atoms with Crippen molar-refractivity contribution < 1.29 is 9.90 Å². The molecule has 2 unspecified atom stereocenters. The van der Waals surface area contributed by atoms with Gasteiger partial charge in [0.25, 0.3) is 0 Å². The van der Waals surface area contributed by atoms with Gasteiger partial charge < -0.3 is 20.6 Å². The maximum atomic E-state index is 11.9. The average Bonchev–Trinajstić information content (AvgIpc) is 2.82. The highest BCUT2D eigenvalue weighted by atomic mass is 35.5. The van der Waals surface area contributed by atoms with Crippen LogP contribution in [0.3, 0.4) is 0 Å². The number of aliphatic hydroxyl groups is 1. The third-order valence-electron chi connectivity index (χ3n) is 3.38. The minimum atomic E-state index is -0.408. The van der Waals surface area contributed by atoms with E-state index in [9.17, 15) is 9.90 Å². The molecule has 2 rings (SSSR count). The van der Waals surface area contributed by atoms with Gasteiger partial charge in [-0.05, 0) is 31.6 Å². The van der Waals surface area contributed by atoms with Crippen molar-refractivity contribution in [3.05, 3.63) is 35.4 Å². The van der Waals surface area contributed by atoms with Gasteiger partial charge >= 0.3 is 0 Å². The number of aliphatic hydroxyl groups excluding tert-OH is 1. The topological polar surface area (TPSA) is 64.6 Å². The summed E-state index contributed by atoms with van der Waals surface area (Å²) in [5.74, 6) is -0.0421. The van der Waals surface area contributed by atoms with Crippen LogP contribution in [0.5, 0.6) is 0 Å². The molecule has 2 atom stereocenters. The van der Waals surface area contributed by atoms with Gasteiger partial charge in [-0.15, -0.1) is 24.8 Å². The first kappa shape index (κ1) is 21.1. The molecule has 1 aliphatic rings. The molecule has 1 fully saturated rings. The lowest BCUT2D eigenvalue weighted by atomic mass is 10.1. The number of nitrogens with zero attached hydrogens (tertiary/aromatic N) is 1. The van der Waals surface area contributed by atoms with E-state index in [1.165, 1.54) is 5.56 Å². The van der Waals surface area contributed by atoms with E-state index in [-0.39, 0.29) is 36.8 Å². The molecule has 0 radical (unpaired) electrons. The molecule has 0 spiro atoms. The number of halogens is 2. The minimum Gasteiger partial charge on any atom is -0.392 e. The number of hydrogen-bond acceptors (Lipinski definition) is 4. The summed E-state index contributed by atoms with van der Waals surface area (Å²) in [4.78, 5) is 14.0. The van der Waals surface area contributed by atoms with Crippen LogP contribution in [-0.2, 0) is 17.9 Å². The Balaban J connectivity index is 0.00000220. The third-order valence-corrected chi connectivity index (χ3v) is 3.38. The maximum Gasteiger partial charge on any atom is 0.237 e. The molecular formula is C15H25Cl2N3O2. The Morgan fingerprint density at radius 1 is 1.36 bits per heavy atom. The van der Waals surface area contributed by atoms with Crippen molar-refractivity contribution in [2.45, 2.75) is 31.7 Å². The molecule has 22 heavy (non-hydrogen) atoms. The molecule has 1 aliphatic heterocycles. The molecule has 126 valence electrons. The lowest BCUT2D eigenvalue weighted by Crippen LogP contribution is -2.40. The van der Waals surface area contributed by atoms with Crippen molar-refractivity contribution in [1.82, 2.24) is 15.5 Å². The van der Waals surface area contributed by atoms with E-state index in [0.29, 0.717) is 19.5 Å². The van der Waals surface area contributed by atoms with Crippen LogP contribution in [-0.4, -0.2) is 48.7 Å². The number of nitrogens with one attached hydrogen (secondary N) is 2. The Morgan fingerprint density at radius 2 is 2.05 bits per heavy atom. The first-order valence-electron chi connectivity index (χ1n) is 6.96. The standard InChI is InChI=1S/C15H23N3O2.2ClH/c1-18(2)10-12-5-3-4-11(6-12)8-17-15(20)14-7-13(19)9-16-14;;/h3-6,13-14,16,19H,7-10H2,1-2H3,(H,17,20);2*1H. The molecule has 0 saturated carbocycles. The largest absolute Gasteiger partial charge is 0.392 e.